The van der Waals surface area contributed by atoms with Gasteiger partial charge in [-0.2, -0.15) is 0 Å². The Morgan fingerprint density at radius 3 is 2.64 bits per heavy atom. The third-order valence-electron chi connectivity index (χ3n) is 1.34. The number of carbonyl (C=O) groups excluding carboxylic acids is 2. The molecule has 0 radical (unpaired) electrons. The third-order valence-corrected chi connectivity index (χ3v) is 1.34. The molecule has 0 bridgehead atoms. The first-order chi connectivity index (χ1) is 5.18. The van der Waals surface area contributed by atoms with Crippen LogP contribution in [0.25, 0.3) is 0 Å². The molecule has 0 amide bonds. The molecule has 2 heterocycles. The van der Waals surface area contributed by atoms with E-state index in [1.807, 2.05) is 0 Å². The van der Waals surface area contributed by atoms with Crippen LogP contribution >= 0.6 is 0 Å². The van der Waals surface area contributed by atoms with Gasteiger partial charge in [0.1, 0.15) is 0 Å². The number of carbonyl (C=O) groups is 2. The monoisotopic (exact) mass is 153 g/mol. The van der Waals surface area contributed by atoms with E-state index in [0.717, 1.165) is 6.08 Å². The lowest BCUT2D eigenvalue weighted by atomic mass is 10.4. The standard InChI is InChI=1S/C6H3NO4/c7-4-5-2(10-6(4)9)1-3(8)11-5/h1H,7H2. The summed E-state index contributed by atoms with van der Waals surface area (Å²) in [6, 6.07) is 0. The van der Waals surface area contributed by atoms with Gasteiger partial charge in [-0.3, -0.25) is 0 Å². The van der Waals surface area contributed by atoms with E-state index in [9.17, 15) is 9.59 Å². The van der Waals surface area contributed by atoms with Crippen molar-refractivity contribution in [2.45, 2.75) is 0 Å². The van der Waals surface area contributed by atoms with Gasteiger partial charge in [-0.1, -0.05) is 0 Å². The molecule has 2 aliphatic heterocycles. The van der Waals surface area contributed by atoms with Crippen molar-refractivity contribution in [3.63, 3.8) is 0 Å². The second-order valence-electron chi connectivity index (χ2n) is 2.06. The number of ether oxygens (including phenoxy) is 2. The van der Waals surface area contributed by atoms with Gasteiger partial charge >= 0.3 is 11.9 Å². The third kappa shape index (κ3) is 0.644. The number of fused-ring (bicyclic) bond motifs is 1. The summed E-state index contributed by atoms with van der Waals surface area (Å²) in [7, 11) is 0. The highest BCUT2D eigenvalue weighted by Crippen LogP contribution is 2.28. The van der Waals surface area contributed by atoms with Crippen LogP contribution in [0.1, 0.15) is 0 Å². The molecule has 0 spiro atoms. The zero-order valence-corrected chi connectivity index (χ0v) is 5.29. The van der Waals surface area contributed by atoms with Gasteiger partial charge in [0.2, 0.25) is 5.76 Å². The van der Waals surface area contributed by atoms with Gasteiger partial charge < -0.3 is 15.2 Å². The zero-order valence-electron chi connectivity index (χ0n) is 5.29. The fraction of sp³-hybridized carbons (Fsp3) is 0. The minimum absolute atomic E-state index is 0.0417. The Morgan fingerprint density at radius 1 is 1.27 bits per heavy atom. The summed E-state index contributed by atoms with van der Waals surface area (Å²) in [5, 5.41) is 0. The minimum atomic E-state index is -0.668. The molecule has 0 aromatic rings. The molecule has 0 unspecified atom stereocenters. The van der Waals surface area contributed by atoms with Crippen molar-refractivity contribution in [3.05, 3.63) is 23.3 Å². The first kappa shape index (κ1) is 5.96. The van der Waals surface area contributed by atoms with E-state index in [1.165, 1.54) is 0 Å². The van der Waals surface area contributed by atoms with Crippen LogP contribution in [0.2, 0.25) is 0 Å². The lowest BCUT2D eigenvalue weighted by Gasteiger charge is -1.90. The highest BCUT2D eigenvalue weighted by molar-refractivity contribution is 5.98. The Balaban J connectivity index is 2.51. The summed E-state index contributed by atoms with van der Waals surface area (Å²) in [6.07, 6.45) is 1.08. The van der Waals surface area contributed by atoms with Crippen LogP contribution < -0.4 is 5.73 Å². The summed E-state index contributed by atoms with van der Waals surface area (Å²) in [5.41, 5.74) is 5.06. The van der Waals surface area contributed by atoms with E-state index < -0.39 is 11.9 Å². The van der Waals surface area contributed by atoms with E-state index in [2.05, 4.69) is 9.47 Å². The summed E-state index contributed by atoms with van der Waals surface area (Å²) in [4.78, 5) is 21.2. The van der Waals surface area contributed by atoms with E-state index >= 15 is 0 Å². The van der Waals surface area contributed by atoms with Crippen LogP contribution in [0.4, 0.5) is 0 Å². The second-order valence-corrected chi connectivity index (χ2v) is 2.06. The Hall–Kier alpha value is -1.78. The van der Waals surface area contributed by atoms with E-state index in [0.29, 0.717) is 0 Å². The summed E-state index contributed by atoms with van der Waals surface area (Å²) >= 11 is 0. The maximum Gasteiger partial charge on any atom is 0.363 e. The van der Waals surface area contributed by atoms with Crippen molar-refractivity contribution < 1.29 is 19.1 Å². The fourth-order valence-electron chi connectivity index (χ4n) is 0.864. The molecule has 0 atom stereocenters. The summed E-state index contributed by atoms with van der Waals surface area (Å²) < 4.78 is 9.09. The first-order valence-electron chi connectivity index (χ1n) is 2.84. The van der Waals surface area contributed by atoms with Crippen LogP contribution in [0, 0.1) is 0 Å². The van der Waals surface area contributed by atoms with Crippen molar-refractivity contribution in [2.24, 2.45) is 5.73 Å². The van der Waals surface area contributed by atoms with Crippen LogP contribution in [-0.2, 0) is 19.1 Å². The van der Waals surface area contributed by atoms with Gasteiger partial charge in [-0.25, -0.2) is 9.59 Å². The topological polar surface area (TPSA) is 78.6 Å². The lowest BCUT2D eigenvalue weighted by Crippen LogP contribution is -2.09. The minimum Gasteiger partial charge on any atom is -0.417 e. The number of nitrogens with two attached hydrogens (primary N) is 1. The molecule has 0 aliphatic carbocycles. The fourth-order valence-corrected chi connectivity index (χ4v) is 0.864. The molecule has 0 saturated carbocycles. The van der Waals surface area contributed by atoms with Gasteiger partial charge in [0.15, 0.2) is 11.5 Å². The quantitative estimate of drug-likeness (QED) is 0.459. The van der Waals surface area contributed by atoms with E-state index in [-0.39, 0.29) is 17.2 Å². The molecular weight excluding hydrogens is 150 g/mol. The zero-order chi connectivity index (χ0) is 8.01. The molecule has 2 N–H and O–H groups in total. The van der Waals surface area contributed by atoms with E-state index in [4.69, 9.17) is 5.73 Å². The first-order valence-corrected chi connectivity index (χ1v) is 2.84. The molecule has 5 heteroatoms. The molecule has 5 nitrogen and oxygen atoms in total. The van der Waals surface area contributed by atoms with Crippen molar-refractivity contribution >= 4 is 11.9 Å². The van der Waals surface area contributed by atoms with Gasteiger partial charge in [0, 0.05) is 0 Å². The summed E-state index contributed by atoms with van der Waals surface area (Å²) in [6.45, 7) is 0. The van der Waals surface area contributed by atoms with Gasteiger partial charge in [0.25, 0.3) is 0 Å². The van der Waals surface area contributed by atoms with Crippen molar-refractivity contribution in [1.29, 1.82) is 0 Å². The summed E-state index contributed by atoms with van der Waals surface area (Å²) in [5.74, 6) is -1.08. The molecule has 56 valence electrons. The number of hydrogen-bond donors (Lipinski definition) is 1. The highest BCUT2D eigenvalue weighted by atomic mass is 16.6. The van der Waals surface area contributed by atoms with Gasteiger partial charge in [-0.15, -0.1) is 0 Å². The van der Waals surface area contributed by atoms with E-state index in [1.54, 1.807) is 0 Å². The Labute approximate surface area is 61.1 Å². The van der Waals surface area contributed by atoms with Crippen LogP contribution in [0.15, 0.2) is 23.3 Å². The van der Waals surface area contributed by atoms with Crippen molar-refractivity contribution in [1.82, 2.24) is 0 Å². The highest BCUT2D eigenvalue weighted by Gasteiger charge is 2.35. The molecule has 11 heavy (non-hydrogen) atoms. The molecule has 0 saturated heterocycles. The Kier molecular flexibility index (Phi) is 0.883. The predicted molar refractivity (Wildman–Crippen MR) is 31.5 cm³/mol. The number of hydrogen-bond acceptors (Lipinski definition) is 5. The van der Waals surface area contributed by atoms with Gasteiger partial charge in [-0.05, 0) is 0 Å². The van der Waals surface area contributed by atoms with Crippen molar-refractivity contribution in [2.75, 3.05) is 0 Å². The number of rotatable bonds is 0. The van der Waals surface area contributed by atoms with Gasteiger partial charge in [0.05, 0.1) is 6.08 Å². The Morgan fingerprint density at radius 2 is 2.00 bits per heavy atom. The second kappa shape index (κ2) is 1.63. The normalized spacial score (nSPS) is 21.3. The maximum absolute atomic E-state index is 10.7. The molecule has 0 fully saturated rings. The molecule has 2 rings (SSSR count). The molecule has 0 aromatic heterocycles. The van der Waals surface area contributed by atoms with Crippen molar-refractivity contribution in [3.8, 4) is 0 Å². The smallest absolute Gasteiger partial charge is 0.363 e. The molecular formula is C6H3NO4. The largest absolute Gasteiger partial charge is 0.417 e. The average Bonchev–Trinajstić information content (AvgIpc) is 2.37. The van der Waals surface area contributed by atoms with Crippen LogP contribution in [0.3, 0.4) is 0 Å². The Bertz CT molecular complexity index is 325. The lowest BCUT2D eigenvalue weighted by molar-refractivity contribution is -0.133. The SMILES string of the molecule is NC1=C2OC(=O)C=C2OC1=O. The van der Waals surface area contributed by atoms with Crippen LogP contribution in [0.5, 0.6) is 0 Å². The average molecular weight is 153 g/mol. The van der Waals surface area contributed by atoms with Crippen LogP contribution in [-0.4, -0.2) is 11.9 Å². The predicted octanol–water partition coefficient (Wildman–Crippen LogP) is -0.846. The molecule has 0 aromatic carbocycles. The molecule has 2 aliphatic rings. The number of esters is 2. The maximum atomic E-state index is 10.7.